The van der Waals surface area contributed by atoms with Crippen LogP contribution in [0.4, 0.5) is 5.82 Å². The first kappa shape index (κ1) is 14.7. The molecule has 2 aromatic rings. The molecule has 0 saturated heterocycles. The van der Waals surface area contributed by atoms with Gasteiger partial charge in [-0.2, -0.15) is 5.10 Å². The van der Waals surface area contributed by atoms with Gasteiger partial charge in [-0.3, -0.25) is 4.79 Å². The van der Waals surface area contributed by atoms with Crippen LogP contribution >= 0.6 is 0 Å². The summed E-state index contributed by atoms with van der Waals surface area (Å²) in [6.07, 6.45) is 2.31. The van der Waals surface area contributed by atoms with E-state index in [2.05, 4.69) is 10.4 Å². The lowest BCUT2D eigenvalue weighted by atomic mass is 10.3. The van der Waals surface area contributed by atoms with Gasteiger partial charge in [0.2, 0.25) is 5.91 Å². The number of methoxy groups -OCH3 is 1. The van der Waals surface area contributed by atoms with Gasteiger partial charge in [-0.1, -0.05) is 18.2 Å². The van der Waals surface area contributed by atoms with Gasteiger partial charge in [-0.15, -0.1) is 0 Å². The molecular formula is C16H20N4O2. The highest BCUT2D eigenvalue weighted by Crippen LogP contribution is 2.40. The van der Waals surface area contributed by atoms with Crippen LogP contribution in [0.5, 0.6) is 0 Å². The van der Waals surface area contributed by atoms with Crippen molar-refractivity contribution >= 4 is 11.7 Å². The largest absolute Gasteiger partial charge is 0.383 e. The molecule has 1 unspecified atom stereocenters. The summed E-state index contributed by atoms with van der Waals surface area (Å²) in [5, 5.41) is 7.48. The molecule has 0 radical (unpaired) electrons. The molecule has 1 atom stereocenters. The highest BCUT2D eigenvalue weighted by molar-refractivity contribution is 5.94. The molecule has 0 spiro atoms. The Morgan fingerprint density at radius 2 is 2.18 bits per heavy atom. The molecule has 1 aromatic carbocycles. The quantitative estimate of drug-likeness (QED) is 0.850. The van der Waals surface area contributed by atoms with E-state index < -0.39 is 6.04 Å². The van der Waals surface area contributed by atoms with Crippen molar-refractivity contribution in [3.8, 4) is 5.69 Å². The van der Waals surface area contributed by atoms with Crippen LogP contribution in [0.3, 0.4) is 0 Å². The first-order chi connectivity index (χ1) is 10.7. The molecule has 6 nitrogen and oxygen atoms in total. The summed E-state index contributed by atoms with van der Waals surface area (Å²) in [6, 6.07) is 11.0. The molecule has 6 heteroatoms. The van der Waals surface area contributed by atoms with E-state index >= 15 is 0 Å². The summed E-state index contributed by atoms with van der Waals surface area (Å²) in [5.41, 5.74) is 7.70. The van der Waals surface area contributed by atoms with E-state index in [1.807, 2.05) is 36.4 Å². The van der Waals surface area contributed by atoms with Crippen molar-refractivity contribution in [1.82, 2.24) is 9.78 Å². The number of nitrogens with two attached hydrogens (primary N) is 1. The number of benzene rings is 1. The zero-order valence-electron chi connectivity index (χ0n) is 12.5. The topological polar surface area (TPSA) is 82.2 Å². The standard InChI is InChI=1S/C16H20N4O2/c1-22-10-13(17)16(21)18-15-9-14(11-7-8-11)19-20(15)12-5-3-2-4-6-12/h2-6,9,11,13H,7-8,10,17H2,1H3,(H,18,21). The number of amides is 1. The lowest BCUT2D eigenvalue weighted by Gasteiger charge is -2.12. The van der Waals surface area contributed by atoms with Crippen LogP contribution in [0, 0.1) is 0 Å². The lowest BCUT2D eigenvalue weighted by molar-refractivity contribution is -0.118. The van der Waals surface area contributed by atoms with E-state index in [9.17, 15) is 4.79 Å². The number of hydrogen-bond donors (Lipinski definition) is 2. The van der Waals surface area contributed by atoms with Gasteiger partial charge >= 0.3 is 0 Å². The van der Waals surface area contributed by atoms with Crippen LogP contribution in [0.2, 0.25) is 0 Å². The average molecular weight is 300 g/mol. The Bertz CT molecular complexity index is 649. The number of carbonyl (C=O) groups excluding carboxylic acids is 1. The van der Waals surface area contributed by atoms with Gasteiger partial charge in [0.1, 0.15) is 11.9 Å². The van der Waals surface area contributed by atoms with Crippen molar-refractivity contribution in [2.24, 2.45) is 5.73 Å². The normalized spacial score (nSPS) is 15.5. The number of aromatic nitrogens is 2. The van der Waals surface area contributed by atoms with Gasteiger partial charge in [0, 0.05) is 19.1 Å². The zero-order valence-corrected chi connectivity index (χ0v) is 12.5. The van der Waals surface area contributed by atoms with Crippen molar-refractivity contribution in [3.63, 3.8) is 0 Å². The summed E-state index contributed by atoms with van der Waals surface area (Å²) in [5.74, 6) is 0.874. The van der Waals surface area contributed by atoms with E-state index in [4.69, 9.17) is 10.5 Å². The third kappa shape index (κ3) is 3.18. The summed E-state index contributed by atoms with van der Waals surface area (Å²) < 4.78 is 6.68. The molecule has 0 aliphatic heterocycles. The van der Waals surface area contributed by atoms with Crippen LogP contribution < -0.4 is 11.1 Å². The predicted molar refractivity (Wildman–Crippen MR) is 84.0 cm³/mol. The highest BCUT2D eigenvalue weighted by Gasteiger charge is 2.28. The molecule has 22 heavy (non-hydrogen) atoms. The number of carbonyl (C=O) groups is 1. The Morgan fingerprint density at radius 3 is 2.82 bits per heavy atom. The molecule has 1 heterocycles. The van der Waals surface area contributed by atoms with Crippen molar-refractivity contribution in [2.75, 3.05) is 19.0 Å². The maximum absolute atomic E-state index is 12.1. The van der Waals surface area contributed by atoms with Gasteiger partial charge in [-0.05, 0) is 25.0 Å². The summed E-state index contributed by atoms with van der Waals surface area (Å²) in [6.45, 7) is 0.181. The minimum absolute atomic E-state index is 0.181. The maximum atomic E-state index is 12.1. The zero-order chi connectivity index (χ0) is 15.5. The van der Waals surface area contributed by atoms with E-state index in [-0.39, 0.29) is 12.5 Å². The van der Waals surface area contributed by atoms with Crippen molar-refractivity contribution in [3.05, 3.63) is 42.1 Å². The molecule has 3 N–H and O–H groups in total. The van der Waals surface area contributed by atoms with Crippen molar-refractivity contribution in [2.45, 2.75) is 24.8 Å². The second kappa shape index (κ2) is 6.29. The van der Waals surface area contributed by atoms with Crippen molar-refractivity contribution in [1.29, 1.82) is 0 Å². The smallest absolute Gasteiger partial charge is 0.244 e. The Labute approximate surface area is 129 Å². The van der Waals surface area contributed by atoms with E-state index in [0.29, 0.717) is 11.7 Å². The molecule has 3 rings (SSSR count). The highest BCUT2D eigenvalue weighted by atomic mass is 16.5. The van der Waals surface area contributed by atoms with Gasteiger partial charge in [0.05, 0.1) is 18.0 Å². The Hall–Kier alpha value is -2.18. The van der Waals surface area contributed by atoms with E-state index in [0.717, 1.165) is 24.2 Å². The van der Waals surface area contributed by atoms with Gasteiger partial charge in [-0.25, -0.2) is 4.68 Å². The monoisotopic (exact) mass is 300 g/mol. The number of nitrogens with zero attached hydrogens (tertiary/aromatic N) is 2. The second-order valence-corrected chi connectivity index (χ2v) is 5.53. The number of para-hydroxylation sites is 1. The SMILES string of the molecule is COCC(N)C(=O)Nc1cc(C2CC2)nn1-c1ccccc1. The third-order valence-electron chi connectivity index (χ3n) is 3.66. The molecule has 1 saturated carbocycles. The van der Waals surface area contributed by atoms with E-state index in [1.165, 1.54) is 7.11 Å². The molecular weight excluding hydrogens is 280 g/mol. The Balaban J connectivity index is 1.87. The molecule has 1 aliphatic rings. The fraction of sp³-hybridized carbons (Fsp3) is 0.375. The maximum Gasteiger partial charge on any atom is 0.244 e. The fourth-order valence-corrected chi connectivity index (χ4v) is 2.31. The first-order valence-electron chi connectivity index (χ1n) is 7.40. The number of ether oxygens (including phenoxy) is 1. The first-order valence-corrected chi connectivity index (χ1v) is 7.40. The summed E-state index contributed by atoms with van der Waals surface area (Å²) in [7, 11) is 1.52. The number of anilines is 1. The van der Waals surface area contributed by atoms with Gasteiger partial charge in [0.15, 0.2) is 0 Å². The lowest BCUT2D eigenvalue weighted by Crippen LogP contribution is -2.39. The van der Waals surface area contributed by atoms with Crippen LogP contribution in [0.25, 0.3) is 5.69 Å². The van der Waals surface area contributed by atoms with Crippen molar-refractivity contribution < 1.29 is 9.53 Å². The van der Waals surface area contributed by atoms with Crippen LogP contribution in [0.15, 0.2) is 36.4 Å². The summed E-state index contributed by atoms with van der Waals surface area (Å²) in [4.78, 5) is 12.1. The van der Waals surface area contributed by atoms with Gasteiger partial charge < -0.3 is 15.8 Å². The molecule has 1 aromatic heterocycles. The minimum atomic E-state index is -0.700. The average Bonchev–Trinajstić information content (AvgIpc) is 3.30. The number of nitrogens with one attached hydrogen (secondary N) is 1. The Morgan fingerprint density at radius 1 is 1.45 bits per heavy atom. The van der Waals surface area contributed by atoms with Crippen LogP contribution in [-0.2, 0) is 9.53 Å². The minimum Gasteiger partial charge on any atom is -0.383 e. The number of hydrogen-bond acceptors (Lipinski definition) is 4. The molecule has 1 amide bonds. The van der Waals surface area contributed by atoms with Crippen LogP contribution in [-0.4, -0.2) is 35.4 Å². The predicted octanol–water partition coefficient (Wildman–Crippen LogP) is 1.66. The molecule has 1 aliphatic carbocycles. The second-order valence-electron chi connectivity index (χ2n) is 5.53. The molecule has 0 bridgehead atoms. The summed E-state index contributed by atoms with van der Waals surface area (Å²) >= 11 is 0. The van der Waals surface area contributed by atoms with Crippen LogP contribution in [0.1, 0.15) is 24.5 Å². The fourth-order valence-electron chi connectivity index (χ4n) is 2.31. The molecule has 1 fully saturated rings. The number of rotatable bonds is 6. The molecule has 116 valence electrons. The van der Waals surface area contributed by atoms with Gasteiger partial charge in [0.25, 0.3) is 0 Å². The van der Waals surface area contributed by atoms with E-state index in [1.54, 1.807) is 4.68 Å². The third-order valence-corrected chi connectivity index (χ3v) is 3.66. The Kier molecular flexibility index (Phi) is 4.22.